The summed E-state index contributed by atoms with van der Waals surface area (Å²) in [6.45, 7) is 0.418. The SMILES string of the molecule is O=C1C(=Cc2ccc(Cl)cc2)S[C@H]2c3ccccc3C(=O)N2Cc2ccccc21. The molecule has 2 heterocycles. The largest absolute Gasteiger partial charge is 0.318 e. The molecule has 3 aromatic carbocycles. The van der Waals surface area contributed by atoms with E-state index >= 15 is 0 Å². The Balaban J connectivity index is 1.67. The van der Waals surface area contributed by atoms with Crippen LogP contribution in [0.25, 0.3) is 6.08 Å². The lowest BCUT2D eigenvalue weighted by molar-refractivity contribution is 0.0758. The molecule has 2 aliphatic rings. The van der Waals surface area contributed by atoms with E-state index in [1.54, 1.807) is 12.1 Å². The standard InChI is InChI=1S/C24H16ClNO2S/c25-17-11-9-15(10-12-17)13-21-22(27)18-6-2-1-5-16(18)14-26-23(28)19-7-3-4-8-20(19)24(26)29-21/h1-13,24H,14H2/t24-/m0/s1. The molecule has 5 heteroatoms. The van der Waals surface area contributed by atoms with Crippen LogP contribution in [-0.2, 0) is 6.54 Å². The smallest absolute Gasteiger partial charge is 0.255 e. The second kappa shape index (κ2) is 7.21. The fourth-order valence-corrected chi connectivity index (χ4v) is 5.22. The number of fused-ring (bicyclic) bond motifs is 4. The zero-order chi connectivity index (χ0) is 20.0. The fraction of sp³-hybridized carbons (Fsp3) is 0.0833. The Morgan fingerprint density at radius 3 is 2.38 bits per heavy atom. The summed E-state index contributed by atoms with van der Waals surface area (Å²) >= 11 is 7.44. The van der Waals surface area contributed by atoms with Crippen LogP contribution >= 0.6 is 23.4 Å². The number of halogens is 1. The first-order valence-electron chi connectivity index (χ1n) is 9.28. The van der Waals surface area contributed by atoms with Gasteiger partial charge in [0.1, 0.15) is 5.37 Å². The molecule has 0 aromatic heterocycles. The van der Waals surface area contributed by atoms with Crippen molar-refractivity contribution in [1.29, 1.82) is 0 Å². The van der Waals surface area contributed by atoms with Crippen LogP contribution in [0.15, 0.2) is 77.7 Å². The first kappa shape index (κ1) is 18.2. The number of carbonyl (C=O) groups is 2. The molecular formula is C24H16ClNO2S. The highest BCUT2D eigenvalue weighted by Gasteiger charge is 2.40. The molecule has 3 nitrogen and oxygen atoms in total. The summed E-state index contributed by atoms with van der Waals surface area (Å²) in [5, 5.41) is 0.421. The Hall–Kier alpha value is -2.82. The van der Waals surface area contributed by atoms with Crippen molar-refractivity contribution in [3.63, 3.8) is 0 Å². The van der Waals surface area contributed by atoms with Gasteiger partial charge in [0, 0.05) is 22.7 Å². The summed E-state index contributed by atoms with van der Waals surface area (Å²) in [6, 6.07) is 22.6. The minimum Gasteiger partial charge on any atom is -0.318 e. The molecule has 142 valence electrons. The Labute approximate surface area is 178 Å². The van der Waals surface area contributed by atoms with Crippen molar-refractivity contribution in [3.05, 3.63) is 111 Å². The van der Waals surface area contributed by atoms with Gasteiger partial charge in [-0.1, -0.05) is 78.0 Å². The lowest BCUT2D eigenvalue weighted by atomic mass is 10.0. The minimum absolute atomic E-state index is 0.00750. The van der Waals surface area contributed by atoms with Gasteiger partial charge in [-0.05, 0) is 41.0 Å². The van der Waals surface area contributed by atoms with E-state index in [-0.39, 0.29) is 17.1 Å². The topological polar surface area (TPSA) is 37.4 Å². The van der Waals surface area contributed by atoms with Crippen molar-refractivity contribution in [2.45, 2.75) is 11.9 Å². The van der Waals surface area contributed by atoms with E-state index in [1.165, 1.54) is 11.8 Å². The van der Waals surface area contributed by atoms with Crippen molar-refractivity contribution in [2.75, 3.05) is 0 Å². The second-order valence-electron chi connectivity index (χ2n) is 7.04. The number of benzene rings is 3. The number of carbonyl (C=O) groups excluding carboxylic acids is 2. The summed E-state index contributed by atoms with van der Waals surface area (Å²) in [5.74, 6) is -0.00914. The van der Waals surface area contributed by atoms with Gasteiger partial charge in [-0.25, -0.2) is 0 Å². The lowest BCUT2D eigenvalue weighted by Crippen LogP contribution is -2.29. The highest BCUT2D eigenvalue weighted by atomic mass is 35.5. The molecule has 5 rings (SSSR count). The van der Waals surface area contributed by atoms with Gasteiger partial charge in [0.05, 0.1) is 4.91 Å². The molecule has 0 saturated carbocycles. The van der Waals surface area contributed by atoms with Gasteiger partial charge in [-0.2, -0.15) is 0 Å². The summed E-state index contributed by atoms with van der Waals surface area (Å²) in [4.78, 5) is 29.0. The highest BCUT2D eigenvalue weighted by Crippen LogP contribution is 2.48. The van der Waals surface area contributed by atoms with Crippen molar-refractivity contribution in [3.8, 4) is 0 Å². The van der Waals surface area contributed by atoms with Gasteiger partial charge >= 0.3 is 0 Å². The molecule has 1 amide bonds. The van der Waals surface area contributed by atoms with E-state index in [9.17, 15) is 9.59 Å². The molecule has 1 atom stereocenters. The van der Waals surface area contributed by atoms with Crippen LogP contribution in [0, 0.1) is 0 Å². The fourth-order valence-electron chi connectivity index (χ4n) is 3.80. The number of thioether (sulfide) groups is 1. The molecule has 0 fully saturated rings. The first-order chi connectivity index (χ1) is 14.1. The van der Waals surface area contributed by atoms with E-state index in [0.717, 1.165) is 16.7 Å². The number of allylic oxidation sites excluding steroid dienone is 1. The number of hydrogen-bond donors (Lipinski definition) is 0. The summed E-state index contributed by atoms with van der Waals surface area (Å²) < 4.78 is 0. The normalized spacial score (nSPS) is 19.4. The zero-order valence-corrected chi connectivity index (χ0v) is 16.9. The van der Waals surface area contributed by atoms with E-state index in [2.05, 4.69) is 0 Å². The minimum atomic E-state index is -0.227. The predicted molar refractivity (Wildman–Crippen MR) is 117 cm³/mol. The molecule has 0 bridgehead atoms. The maximum atomic E-state index is 13.4. The Bertz CT molecular complexity index is 1170. The van der Waals surface area contributed by atoms with Crippen molar-refractivity contribution >= 4 is 41.1 Å². The Morgan fingerprint density at radius 1 is 0.897 bits per heavy atom. The average molecular weight is 418 g/mol. The Morgan fingerprint density at radius 2 is 1.59 bits per heavy atom. The van der Waals surface area contributed by atoms with Crippen LogP contribution in [0.3, 0.4) is 0 Å². The van der Waals surface area contributed by atoms with Crippen LogP contribution in [-0.4, -0.2) is 16.6 Å². The van der Waals surface area contributed by atoms with Crippen LogP contribution in [0.4, 0.5) is 0 Å². The quantitative estimate of drug-likeness (QED) is 0.458. The van der Waals surface area contributed by atoms with Crippen molar-refractivity contribution in [2.24, 2.45) is 0 Å². The number of hydrogen-bond acceptors (Lipinski definition) is 3. The molecule has 0 N–H and O–H groups in total. The van der Waals surface area contributed by atoms with E-state index in [1.807, 2.05) is 71.6 Å². The third-order valence-electron chi connectivity index (χ3n) is 5.23. The van der Waals surface area contributed by atoms with Gasteiger partial charge in [-0.3, -0.25) is 9.59 Å². The molecule has 0 unspecified atom stereocenters. The van der Waals surface area contributed by atoms with Crippen molar-refractivity contribution < 1.29 is 9.59 Å². The molecular weight excluding hydrogens is 402 g/mol. The summed E-state index contributed by atoms with van der Waals surface area (Å²) in [7, 11) is 0. The third-order valence-corrected chi connectivity index (χ3v) is 6.77. The maximum absolute atomic E-state index is 13.4. The molecule has 0 saturated heterocycles. The molecule has 2 aliphatic heterocycles. The van der Waals surface area contributed by atoms with Gasteiger partial charge in [0.15, 0.2) is 5.78 Å². The Kier molecular flexibility index (Phi) is 4.53. The predicted octanol–water partition coefficient (Wildman–Crippen LogP) is 5.97. The van der Waals surface area contributed by atoms with Crippen LogP contribution < -0.4 is 0 Å². The maximum Gasteiger partial charge on any atom is 0.255 e. The third kappa shape index (κ3) is 3.18. The van der Waals surface area contributed by atoms with Gasteiger partial charge in [0.2, 0.25) is 0 Å². The van der Waals surface area contributed by atoms with Gasteiger partial charge < -0.3 is 4.90 Å². The van der Waals surface area contributed by atoms with Gasteiger partial charge in [0.25, 0.3) is 5.91 Å². The number of rotatable bonds is 1. The number of amides is 1. The number of nitrogens with zero attached hydrogens (tertiary/aromatic N) is 1. The van der Waals surface area contributed by atoms with Crippen molar-refractivity contribution in [1.82, 2.24) is 4.90 Å². The van der Waals surface area contributed by atoms with Crippen LogP contribution in [0.2, 0.25) is 5.02 Å². The van der Waals surface area contributed by atoms with Crippen LogP contribution in [0.5, 0.6) is 0 Å². The lowest BCUT2D eigenvalue weighted by Gasteiger charge is -2.29. The summed E-state index contributed by atoms with van der Waals surface area (Å²) in [6.07, 6.45) is 1.88. The number of ketones is 1. The zero-order valence-electron chi connectivity index (χ0n) is 15.3. The molecule has 0 aliphatic carbocycles. The monoisotopic (exact) mass is 417 g/mol. The van der Waals surface area contributed by atoms with E-state index in [0.29, 0.717) is 27.6 Å². The molecule has 29 heavy (non-hydrogen) atoms. The summed E-state index contributed by atoms with van der Waals surface area (Å²) in [5.41, 5.74) is 4.07. The van der Waals surface area contributed by atoms with E-state index < -0.39 is 0 Å². The molecule has 3 aromatic rings. The molecule has 0 radical (unpaired) electrons. The average Bonchev–Trinajstić information content (AvgIpc) is 2.99. The van der Waals surface area contributed by atoms with Crippen LogP contribution in [0.1, 0.15) is 42.8 Å². The molecule has 0 spiro atoms. The van der Waals surface area contributed by atoms with E-state index in [4.69, 9.17) is 11.6 Å². The second-order valence-corrected chi connectivity index (χ2v) is 8.60. The highest BCUT2D eigenvalue weighted by molar-refractivity contribution is 8.04. The first-order valence-corrected chi connectivity index (χ1v) is 10.5. The number of Topliss-reactive ketones (excluding diaryl/α,β-unsaturated/α-hetero) is 1. The van der Waals surface area contributed by atoms with Gasteiger partial charge in [-0.15, -0.1) is 0 Å².